The van der Waals surface area contributed by atoms with Gasteiger partial charge in [-0.1, -0.05) is 44.2 Å². The third-order valence-electron chi connectivity index (χ3n) is 7.46. The number of benzene rings is 1. The van der Waals surface area contributed by atoms with Gasteiger partial charge in [-0.15, -0.1) is 10.2 Å². The Morgan fingerprint density at radius 3 is 2.43 bits per heavy atom. The molecular weight excluding hydrogens is 580 g/mol. The maximum atomic E-state index is 13.8. The van der Waals surface area contributed by atoms with Gasteiger partial charge in [0.25, 0.3) is 11.8 Å². The van der Waals surface area contributed by atoms with E-state index in [2.05, 4.69) is 30.8 Å². The molecule has 44 heavy (non-hydrogen) atoms. The molecule has 3 aromatic heterocycles. The third kappa shape index (κ3) is 6.05. The lowest BCUT2D eigenvalue weighted by atomic mass is 9.97. The Balaban J connectivity index is 1.37. The SMILES string of the molecule is Cc1nnc(-c2ccc(-c3cc(NC(=O)Nc4sc(C(C)(C)C)nc4C(=O)N4CCN(C)C(=O)C4(C)C)ccc3C)cn2)o1. The molecule has 1 aliphatic rings. The number of urea groups is 1. The van der Waals surface area contributed by atoms with Crippen LogP contribution < -0.4 is 10.6 Å². The molecule has 0 bridgehead atoms. The Morgan fingerprint density at radius 2 is 1.80 bits per heavy atom. The Kier molecular flexibility index (Phi) is 8.02. The number of nitrogens with one attached hydrogen (secondary N) is 2. The van der Waals surface area contributed by atoms with E-state index in [1.165, 1.54) is 16.2 Å². The van der Waals surface area contributed by atoms with Gasteiger partial charge in [0.2, 0.25) is 11.8 Å². The minimum atomic E-state index is -1.05. The molecule has 4 heterocycles. The summed E-state index contributed by atoms with van der Waals surface area (Å²) in [6, 6.07) is 8.76. The number of anilines is 2. The normalized spacial score (nSPS) is 15.0. The van der Waals surface area contributed by atoms with Gasteiger partial charge in [0, 0.05) is 49.9 Å². The summed E-state index contributed by atoms with van der Waals surface area (Å²) in [5.41, 5.74) is 2.55. The van der Waals surface area contributed by atoms with Crippen LogP contribution in [-0.4, -0.2) is 73.5 Å². The molecule has 1 aliphatic heterocycles. The molecule has 5 rings (SSSR count). The number of likely N-dealkylation sites (N-methyl/N-ethyl adjacent to an activating group) is 1. The fourth-order valence-electron chi connectivity index (χ4n) is 4.92. The Bertz CT molecular complexity index is 1740. The number of hydrogen-bond acceptors (Lipinski definition) is 9. The largest absolute Gasteiger partial charge is 0.420 e. The van der Waals surface area contributed by atoms with Gasteiger partial charge in [0.05, 0.1) is 0 Å². The van der Waals surface area contributed by atoms with Crippen LogP contribution in [0.4, 0.5) is 15.5 Å². The zero-order valence-electron chi connectivity index (χ0n) is 26.1. The average molecular weight is 617 g/mol. The molecule has 4 aromatic rings. The van der Waals surface area contributed by atoms with Crippen molar-refractivity contribution >= 4 is 39.9 Å². The summed E-state index contributed by atoms with van der Waals surface area (Å²) >= 11 is 1.25. The molecule has 1 saturated heterocycles. The van der Waals surface area contributed by atoms with E-state index < -0.39 is 17.5 Å². The van der Waals surface area contributed by atoms with E-state index in [4.69, 9.17) is 4.42 Å². The van der Waals surface area contributed by atoms with E-state index in [0.29, 0.717) is 46.3 Å². The van der Waals surface area contributed by atoms with Gasteiger partial charge < -0.3 is 19.5 Å². The highest BCUT2D eigenvalue weighted by Gasteiger charge is 2.44. The first kappa shape index (κ1) is 30.8. The summed E-state index contributed by atoms with van der Waals surface area (Å²) < 4.78 is 5.46. The number of pyridine rings is 1. The van der Waals surface area contributed by atoms with Crippen molar-refractivity contribution in [2.45, 2.75) is 59.4 Å². The number of rotatable bonds is 5. The Morgan fingerprint density at radius 1 is 1.05 bits per heavy atom. The molecule has 0 radical (unpaired) electrons. The first-order valence-electron chi connectivity index (χ1n) is 14.2. The highest BCUT2D eigenvalue weighted by atomic mass is 32.1. The van der Waals surface area contributed by atoms with Gasteiger partial charge in [-0.25, -0.2) is 9.78 Å². The molecule has 0 atom stereocenters. The second-order valence-electron chi connectivity index (χ2n) is 12.4. The van der Waals surface area contributed by atoms with E-state index in [1.54, 1.807) is 51.0 Å². The smallest absolute Gasteiger partial charge is 0.324 e. The zero-order valence-corrected chi connectivity index (χ0v) is 26.9. The maximum absolute atomic E-state index is 13.8. The van der Waals surface area contributed by atoms with Crippen LogP contribution in [0.1, 0.15) is 61.6 Å². The van der Waals surface area contributed by atoms with Crippen molar-refractivity contribution in [2.75, 3.05) is 30.8 Å². The summed E-state index contributed by atoms with van der Waals surface area (Å²) in [7, 11) is 1.72. The first-order chi connectivity index (χ1) is 20.6. The second kappa shape index (κ2) is 11.5. The van der Waals surface area contributed by atoms with E-state index in [1.807, 2.05) is 45.9 Å². The summed E-state index contributed by atoms with van der Waals surface area (Å²) in [5.74, 6) is 0.251. The zero-order chi connectivity index (χ0) is 32.0. The molecule has 1 aromatic carbocycles. The van der Waals surface area contributed by atoms with Crippen molar-refractivity contribution in [1.29, 1.82) is 0 Å². The van der Waals surface area contributed by atoms with Crippen LogP contribution in [0.5, 0.6) is 0 Å². The molecule has 0 saturated carbocycles. The summed E-state index contributed by atoms with van der Waals surface area (Å²) in [6.07, 6.45) is 1.72. The van der Waals surface area contributed by atoms with Crippen molar-refractivity contribution in [3.8, 4) is 22.7 Å². The minimum Gasteiger partial charge on any atom is -0.420 e. The van der Waals surface area contributed by atoms with Crippen LogP contribution in [-0.2, 0) is 10.2 Å². The fourth-order valence-corrected chi connectivity index (χ4v) is 5.93. The van der Waals surface area contributed by atoms with Crippen LogP contribution in [0.3, 0.4) is 0 Å². The number of amides is 4. The van der Waals surface area contributed by atoms with Gasteiger partial charge in [0.1, 0.15) is 21.2 Å². The van der Waals surface area contributed by atoms with Crippen molar-refractivity contribution in [3.63, 3.8) is 0 Å². The van der Waals surface area contributed by atoms with Gasteiger partial charge in [-0.3, -0.25) is 19.9 Å². The Labute approximate surface area is 259 Å². The lowest BCUT2D eigenvalue weighted by Crippen LogP contribution is -2.63. The number of thiazole rings is 1. The summed E-state index contributed by atoms with van der Waals surface area (Å²) in [5, 5.41) is 14.6. The molecule has 2 N–H and O–H groups in total. The van der Waals surface area contributed by atoms with Crippen LogP contribution in [0.25, 0.3) is 22.7 Å². The molecule has 12 nitrogen and oxygen atoms in total. The monoisotopic (exact) mass is 616 g/mol. The van der Waals surface area contributed by atoms with E-state index >= 15 is 0 Å². The van der Waals surface area contributed by atoms with Gasteiger partial charge >= 0.3 is 6.03 Å². The lowest BCUT2D eigenvalue weighted by molar-refractivity contribution is -0.144. The van der Waals surface area contributed by atoms with Crippen LogP contribution in [0, 0.1) is 13.8 Å². The lowest BCUT2D eigenvalue weighted by Gasteiger charge is -2.44. The van der Waals surface area contributed by atoms with Crippen molar-refractivity contribution < 1.29 is 18.8 Å². The number of aryl methyl sites for hydroxylation is 2. The molecule has 0 unspecified atom stereocenters. The number of carbonyl (C=O) groups excluding carboxylic acids is 3. The quantitative estimate of drug-likeness (QED) is 0.299. The van der Waals surface area contributed by atoms with E-state index in [9.17, 15) is 14.4 Å². The molecule has 0 aliphatic carbocycles. The predicted molar refractivity (Wildman–Crippen MR) is 169 cm³/mol. The predicted octanol–water partition coefficient (Wildman–Crippen LogP) is 5.51. The van der Waals surface area contributed by atoms with Crippen LogP contribution >= 0.6 is 11.3 Å². The van der Waals surface area contributed by atoms with Crippen LogP contribution in [0.2, 0.25) is 0 Å². The van der Waals surface area contributed by atoms with E-state index in [-0.39, 0.29) is 17.0 Å². The number of piperazine rings is 1. The van der Waals surface area contributed by atoms with Gasteiger partial charge in [0.15, 0.2) is 5.69 Å². The highest BCUT2D eigenvalue weighted by molar-refractivity contribution is 7.16. The van der Waals surface area contributed by atoms with Crippen molar-refractivity contribution in [2.24, 2.45) is 0 Å². The molecule has 1 fully saturated rings. The third-order valence-corrected chi connectivity index (χ3v) is 8.86. The molecule has 13 heteroatoms. The summed E-state index contributed by atoms with van der Waals surface area (Å²) in [4.78, 5) is 52.3. The number of carbonyl (C=O) groups is 3. The standard InChI is InChI=1S/C31H36N8O4S/c1-17-9-11-20(15-21(17)19-10-12-22(32-16-19)24-37-36-18(2)43-24)33-29(42)35-25-23(34-27(44-25)30(3,4)5)26(40)39-14-13-38(8)28(41)31(39,6)7/h9-12,15-16H,13-14H2,1-8H3,(H2,33,35,42). The van der Waals surface area contributed by atoms with Gasteiger partial charge in [-0.05, 0) is 50.1 Å². The number of hydrogen-bond donors (Lipinski definition) is 2. The topological polar surface area (TPSA) is 146 Å². The minimum absolute atomic E-state index is 0.118. The fraction of sp³-hybridized carbons (Fsp3) is 0.387. The number of nitrogens with zero attached hydrogens (tertiary/aromatic N) is 6. The number of aromatic nitrogens is 4. The molecular formula is C31H36N8O4S. The molecule has 0 spiro atoms. The Hall–Kier alpha value is -4.65. The average Bonchev–Trinajstić information content (AvgIpc) is 3.59. The van der Waals surface area contributed by atoms with Crippen LogP contribution in [0.15, 0.2) is 40.9 Å². The van der Waals surface area contributed by atoms with Crippen molar-refractivity contribution in [1.82, 2.24) is 30.0 Å². The summed E-state index contributed by atoms with van der Waals surface area (Å²) in [6.45, 7) is 13.9. The van der Waals surface area contributed by atoms with E-state index in [0.717, 1.165) is 16.7 Å². The molecule has 4 amide bonds. The first-order valence-corrected chi connectivity index (χ1v) is 15.0. The van der Waals surface area contributed by atoms with Crippen molar-refractivity contribution in [3.05, 3.63) is 58.7 Å². The maximum Gasteiger partial charge on any atom is 0.324 e. The van der Waals surface area contributed by atoms with Gasteiger partial charge in [-0.2, -0.15) is 0 Å². The molecule has 230 valence electrons. The highest BCUT2D eigenvalue weighted by Crippen LogP contribution is 2.36. The second-order valence-corrected chi connectivity index (χ2v) is 13.4.